The number of hydrogen-bond donors (Lipinski definition) is 1. The van der Waals surface area contributed by atoms with Crippen LogP contribution in [0, 0.1) is 0 Å². The highest BCUT2D eigenvalue weighted by Crippen LogP contribution is 2.27. The minimum absolute atomic E-state index is 0.243. The van der Waals surface area contributed by atoms with Crippen LogP contribution in [-0.2, 0) is 9.53 Å². The van der Waals surface area contributed by atoms with Gasteiger partial charge in [-0.15, -0.1) is 0 Å². The molecule has 2 aromatic rings. The fourth-order valence-corrected chi connectivity index (χ4v) is 2.79. The Morgan fingerprint density at radius 2 is 2.00 bits per heavy atom. The number of amides is 1. The van der Waals surface area contributed by atoms with Crippen LogP contribution in [0.3, 0.4) is 0 Å². The number of aliphatic imine (C=N–C) groups is 1. The maximum Gasteiger partial charge on any atom is 0.276 e. The molecule has 1 N–H and O–H groups in total. The summed E-state index contributed by atoms with van der Waals surface area (Å²) in [6, 6.07) is 15.6. The summed E-state index contributed by atoms with van der Waals surface area (Å²) in [4.78, 5) is 17.0. The van der Waals surface area contributed by atoms with Gasteiger partial charge in [-0.05, 0) is 24.6 Å². The summed E-state index contributed by atoms with van der Waals surface area (Å²) >= 11 is 3.49. The van der Waals surface area contributed by atoms with E-state index in [4.69, 9.17) is 4.74 Å². The zero-order valence-electron chi connectivity index (χ0n) is 12.8. The fourth-order valence-electron chi connectivity index (χ4n) is 2.43. The quantitative estimate of drug-likeness (QED) is 0.881. The summed E-state index contributed by atoms with van der Waals surface area (Å²) in [7, 11) is 0. The van der Waals surface area contributed by atoms with Gasteiger partial charge in [-0.25, -0.2) is 4.99 Å². The second-order valence-electron chi connectivity index (χ2n) is 5.25. The normalized spacial score (nSPS) is 17.0. The number of rotatable bonds is 4. The smallest absolute Gasteiger partial charge is 0.276 e. The Hall–Kier alpha value is -1.98. The first-order valence-corrected chi connectivity index (χ1v) is 8.34. The van der Waals surface area contributed by atoms with Crippen molar-refractivity contribution < 1.29 is 9.53 Å². The standard InChI is InChI=1S/C18H17BrN2O2/c1-2-10-23-18-17(22)20-15-9-8-13(19)11-14(15)16(21-18)12-6-4-3-5-7-12/h3-9,11,18H,2,10H2,1H3,(H,20,22). The molecule has 4 nitrogen and oxygen atoms in total. The van der Waals surface area contributed by atoms with Gasteiger partial charge in [0.15, 0.2) is 0 Å². The van der Waals surface area contributed by atoms with Gasteiger partial charge in [-0.1, -0.05) is 53.2 Å². The Morgan fingerprint density at radius 1 is 1.22 bits per heavy atom. The molecule has 3 rings (SSSR count). The lowest BCUT2D eigenvalue weighted by Crippen LogP contribution is -2.28. The number of hydrogen-bond acceptors (Lipinski definition) is 3. The van der Waals surface area contributed by atoms with Crippen LogP contribution >= 0.6 is 15.9 Å². The molecular formula is C18H17BrN2O2. The number of anilines is 1. The topological polar surface area (TPSA) is 50.7 Å². The van der Waals surface area contributed by atoms with E-state index in [0.717, 1.165) is 33.4 Å². The van der Waals surface area contributed by atoms with Crippen LogP contribution in [0.4, 0.5) is 5.69 Å². The van der Waals surface area contributed by atoms with Crippen LogP contribution in [0.15, 0.2) is 58.0 Å². The number of halogens is 1. The summed E-state index contributed by atoms with van der Waals surface area (Å²) in [6.07, 6.45) is -0.00492. The second kappa shape index (κ2) is 7.06. The molecule has 0 aliphatic carbocycles. The lowest BCUT2D eigenvalue weighted by Gasteiger charge is -2.11. The number of nitrogens with zero attached hydrogens (tertiary/aromatic N) is 1. The van der Waals surface area contributed by atoms with Crippen molar-refractivity contribution >= 4 is 33.2 Å². The highest BCUT2D eigenvalue weighted by Gasteiger charge is 2.26. The number of benzodiazepines with no additional fused rings is 1. The van der Waals surface area contributed by atoms with E-state index in [9.17, 15) is 4.79 Å². The van der Waals surface area contributed by atoms with Crippen molar-refractivity contribution in [2.45, 2.75) is 19.6 Å². The van der Waals surface area contributed by atoms with Crippen LogP contribution in [0.2, 0.25) is 0 Å². The molecule has 0 saturated heterocycles. The van der Waals surface area contributed by atoms with E-state index in [2.05, 4.69) is 26.2 Å². The molecule has 1 aliphatic heterocycles. The lowest BCUT2D eigenvalue weighted by atomic mass is 10.0. The van der Waals surface area contributed by atoms with E-state index < -0.39 is 6.23 Å². The summed E-state index contributed by atoms with van der Waals surface area (Å²) in [5.41, 5.74) is 3.32. The van der Waals surface area contributed by atoms with Crippen LogP contribution in [0.25, 0.3) is 0 Å². The third-order valence-corrected chi connectivity index (χ3v) is 3.99. The van der Waals surface area contributed by atoms with Gasteiger partial charge in [0.25, 0.3) is 5.91 Å². The van der Waals surface area contributed by atoms with Gasteiger partial charge in [0.05, 0.1) is 11.4 Å². The number of benzene rings is 2. The number of ether oxygens (including phenoxy) is 1. The molecule has 0 bridgehead atoms. The van der Waals surface area contributed by atoms with Crippen molar-refractivity contribution in [3.63, 3.8) is 0 Å². The minimum Gasteiger partial charge on any atom is -0.348 e. The minimum atomic E-state index is -0.837. The van der Waals surface area contributed by atoms with Crippen LogP contribution in [-0.4, -0.2) is 24.5 Å². The maximum atomic E-state index is 12.4. The van der Waals surface area contributed by atoms with E-state index in [1.54, 1.807) is 0 Å². The number of carbonyl (C=O) groups excluding carboxylic acids is 1. The Labute approximate surface area is 143 Å². The van der Waals surface area contributed by atoms with Crippen LogP contribution in [0.5, 0.6) is 0 Å². The molecule has 1 atom stereocenters. The molecule has 23 heavy (non-hydrogen) atoms. The van der Waals surface area contributed by atoms with Crippen LogP contribution < -0.4 is 5.32 Å². The second-order valence-corrected chi connectivity index (χ2v) is 6.16. The molecule has 0 aromatic heterocycles. The maximum absolute atomic E-state index is 12.4. The Morgan fingerprint density at radius 3 is 2.74 bits per heavy atom. The van der Waals surface area contributed by atoms with Crippen molar-refractivity contribution in [3.8, 4) is 0 Å². The average molecular weight is 373 g/mol. The van der Waals surface area contributed by atoms with E-state index in [-0.39, 0.29) is 5.91 Å². The number of nitrogens with one attached hydrogen (secondary N) is 1. The molecule has 0 saturated carbocycles. The third-order valence-electron chi connectivity index (χ3n) is 3.49. The zero-order chi connectivity index (χ0) is 16.2. The van der Waals surface area contributed by atoms with Crippen molar-refractivity contribution in [2.75, 3.05) is 11.9 Å². The molecule has 0 radical (unpaired) electrons. The van der Waals surface area contributed by atoms with Crippen molar-refractivity contribution in [2.24, 2.45) is 4.99 Å². The molecular weight excluding hydrogens is 356 g/mol. The molecule has 5 heteroatoms. The van der Waals surface area contributed by atoms with Crippen LogP contribution in [0.1, 0.15) is 24.5 Å². The SMILES string of the molecule is CCCOC1N=C(c2ccccc2)c2cc(Br)ccc2NC1=O. The molecule has 1 heterocycles. The van der Waals surface area contributed by atoms with Gasteiger partial charge in [0, 0.05) is 22.2 Å². The van der Waals surface area contributed by atoms with Gasteiger partial charge >= 0.3 is 0 Å². The Kier molecular flexibility index (Phi) is 4.88. The first-order chi connectivity index (χ1) is 11.2. The summed E-state index contributed by atoms with van der Waals surface area (Å²) in [5.74, 6) is -0.243. The Bertz CT molecular complexity index is 744. The predicted molar refractivity (Wildman–Crippen MR) is 94.9 cm³/mol. The van der Waals surface area contributed by atoms with Crippen molar-refractivity contribution in [3.05, 3.63) is 64.1 Å². The largest absolute Gasteiger partial charge is 0.348 e. The van der Waals surface area contributed by atoms with Gasteiger partial charge in [-0.2, -0.15) is 0 Å². The number of carbonyl (C=O) groups is 1. The predicted octanol–water partition coefficient (Wildman–Crippen LogP) is 3.99. The third kappa shape index (κ3) is 3.51. The van der Waals surface area contributed by atoms with E-state index in [0.29, 0.717) is 6.61 Å². The lowest BCUT2D eigenvalue weighted by molar-refractivity contribution is -0.126. The zero-order valence-corrected chi connectivity index (χ0v) is 14.3. The molecule has 1 aliphatic rings. The summed E-state index contributed by atoms with van der Waals surface area (Å²) < 4.78 is 6.56. The average Bonchev–Trinajstić information content (AvgIpc) is 2.70. The number of fused-ring (bicyclic) bond motifs is 1. The highest BCUT2D eigenvalue weighted by atomic mass is 79.9. The van der Waals surface area contributed by atoms with E-state index in [1.807, 2.05) is 55.5 Å². The molecule has 118 valence electrons. The van der Waals surface area contributed by atoms with Crippen molar-refractivity contribution in [1.82, 2.24) is 0 Å². The van der Waals surface area contributed by atoms with Gasteiger partial charge < -0.3 is 10.1 Å². The highest BCUT2D eigenvalue weighted by molar-refractivity contribution is 9.10. The molecule has 0 fully saturated rings. The molecule has 1 unspecified atom stereocenters. The molecule has 1 amide bonds. The summed E-state index contributed by atoms with van der Waals surface area (Å²) in [6.45, 7) is 2.49. The fraction of sp³-hybridized carbons (Fsp3) is 0.222. The first-order valence-electron chi connectivity index (χ1n) is 7.54. The van der Waals surface area contributed by atoms with E-state index >= 15 is 0 Å². The van der Waals surface area contributed by atoms with Gasteiger partial charge in [0.2, 0.25) is 6.23 Å². The molecule has 0 spiro atoms. The van der Waals surface area contributed by atoms with Gasteiger partial charge in [0.1, 0.15) is 0 Å². The van der Waals surface area contributed by atoms with E-state index in [1.165, 1.54) is 0 Å². The van der Waals surface area contributed by atoms with Crippen molar-refractivity contribution in [1.29, 1.82) is 0 Å². The summed E-state index contributed by atoms with van der Waals surface area (Å²) in [5, 5.41) is 2.91. The Balaban J connectivity index is 2.13. The first kappa shape index (κ1) is 15.9. The molecule has 2 aromatic carbocycles. The van der Waals surface area contributed by atoms with Gasteiger partial charge in [-0.3, -0.25) is 4.79 Å². The monoisotopic (exact) mass is 372 g/mol.